The summed E-state index contributed by atoms with van der Waals surface area (Å²) in [4.78, 5) is 0. The molecule has 1 aromatic rings. The van der Waals surface area contributed by atoms with Crippen LogP contribution < -0.4 is 10.6 Å². The summed E-state index contributed by atoms with van der Waals surface area (Å²) in [6.45, 7) is 4.44. The highest BCUT2D eigenvalue weighted by Gasteiger charge is 2.24. The van der Waals surface area contributed by atoms with Gasteiger partial charge in [0.2, 0.25) is 0 Å². The van der Waals surface area contributed by atoms with Gasteiger partial charge in [-0.2, -0.15) is 0 Å². The van der Waals surface area contributed by atoms with Crippen molar-refractivity contribution in [3.63, 3.8) is 0 Å². The molecule has 2 unspecified atom stereocenters. The predicted molar refractivity (Wildman–Crippen MR) is 91.6 cm³/mol. The first kappa shape index (κ1) is 17.9. The van der Waals surface area contributed by atoms with Crippen LogP contribution in [0.15, 0.2) is 18.2 Å². The molecule has 0 aromatic heterocycles. The molecule has 0 bridgehead atoms. The molecule has 0 radical (unpaired) electrons. The third-order valence-electron chi connectivity index (χ3n) is 3.81. The molecule has 1 aromatic carbocycles. The largest absolute Gasteiger partial charge is 0.382 e. The summed E-state index contributed by atoms with van der Waals surface area (Å²) >= 11 is 12.0. The van der Waals surface area contributed by atoms with Gasteiger partial charge in [0.05, 0.1) is 10.0 Å². The van der Waals surface area contributed by atoms with Crippen LogP contribution in [0.25, 0.3) is 0 Å². The number of benzene rings is 1. The number of hydrogen-bond acceptors (Lipinski definition) is 2. The second-order valence-corrected chi connectivity index (χ2v) is 6.09. The average Bonchev–Trinajstić information content (AvgIpc) is 2.42. The Balaban J connectivity index is 0.00000200. The van der Waals surface area contributed by atoms with Crippen LogP contribution >= 0.6 is 35.6 Å². The molecule has 0 aliphatic carbocycles. The van der Waals surface area contributed by atoms with E-state index in [-0.39, 0.29) is 12.4 Å². The first-order valence-corrected chi connectivity index (χ1v) is 7.88. The Hall–Kier alpha value is -0.150. The number of anilines is 1. The zero-order valence-corrected chi connectivity index (χ0v) is 14.1. The van der Waals surface area contributed by atoms with Crippen molar-refractivity contribution in [3.8, 4) is 0 Å². The zero-order chi connectivity index (χ0) is 13.7. The first-order chi connectivity index (χ1) is 9.20. The number of halogens is 3. The van der Waals surface area contributed by atoms with E-state index in [0.717, 1.165) is 25.2 Å². The van der Waals surface area contributed by atoms with Crippen LogP contribution in [0.4, 0.5) is 5.69 Å². The lowest BCUT2D eigenvalue weighted by atomic mass is 9.88. The molecule has 2 N–H and O–H groups in total. The molecule has 0 saturated carbocycles. The summed E-state index contributed by atoms with van der Waals surface area (Å²) in [5.41, 5.74) is 1.07. The second kappa shape index (κ2) is 8.99. The number of unbranched alkanes of at least 4 members (excludes halogenated alkanes) is 1. The molecule has 1 saturated heterocycles. The minimum atomic E-state index is 0. The van der Waals surface area contributed by atoms with E-state index in [1.165, 1.54) is 19.3 Å². The smallest absolute Gasteiger partial charge is 0.0612 e. The molecule has 20 heavy (non-hydrogen) atoms. The molecule has 2 nitrogen and oxygen atoms in total. The molecular weight excluding hydrogens is 315 g/mol. The second-order valence-electron chi connectivity index (χ2n) is 5.27. The van der Waals surface area contributed by atoms with Crippen molar-refractivity contribution in [1.82, 2.24) is 5.32 Å². The summed E-state index contributed by atoms with van der Waals surface area (Å²) in [5, 5.41) is 8.35. The molecule has 0 spiro atoms. The molecule has 5 heteroatoms. The highest BCUT2D eigenvalue weighted by Crippen LogP contribution is 2.27. The Bertz CT molecular complexity index is 412. The third kappa shape index (κ3) is 5.00. The SMILES string of the molecule is CCCCC1CNCCC1Nc1ccc(Cl)c(Cl)c1.Cl. The molecule has 1 aliphatic heterocycles. The van der Waals surface area contributed by atoms with Crippen molar-refractivity contribution in [3.05, 3.63) is 28.2 Å². The van der Waals surface area contributed by atoms with Crippen LogP contribution in [0.2, 0.25) is 10.0 Å². The fourth-order valence-electron chi connectivity index (χ4n) is 2.68. The van der Waals surface area contributed by atoms with Crippen molar-refractivity contribution < 1.29 is 0 Å². The summed E-state index contributed by atoms with van der Waals surface area (Å²) < 4.78 is 0. The van der Waals surface area contributed by atoms with E-state index in [0.29, 0.717) is 22.0 Å². The molecule has 2 rings (SSSR count). The lowest BCUT2D eigenvalue weighted by Gasteiger charge is -2.33. The summed E-state index contributed by atoms with van der Waals surface area (Å²) in [5.74, 6) is 0.697. The monoisotopic (exact) mass is 336 g/mol. The van der Waals surface area contributed by atoms with Gasteiger partial charge in [0.15, 0.2) is 0 Å². The van der Waals surface area contributed by atoms with Gasteiger partial charge in [-0.1, -0.05) is 43.0 Å². The van der Waals surface area contributed by atoms with Crippen molar-refractivity contribution in [2.24, 2.45) is 5.92 Å². The Labute approximate surface area is 138 Å². The summed E-state index contributed by atoms with van der Waals surface area (Å²) in [6.07, 6.45) is 5.00. The highest BCUT2D eigenvalue weighted by molar-refractivity contribution is 6.42. The number of nitrogens with one attached hydrogen (secondary N) is 2. The maximum absolute atomic E-state index is 6.07. The summed E-state index contributed by atoms with van der Waals surface area (Å²) in [6, 6.07) is 6.31. The topological polar surface area (TPSA) is 24.1 Å². The molecule has 0 amide bonds. The van der Waals surface area contributed by atoms with Crippen LogP contribution in [0.5, 0.6) is 0 Å². The standard InChI is InChI=1S/C15H22Cl2N2.ClH/c1-2-3-4-11-10-18-8-7-15(11)19-12-5-6-13(16)14(17)9-12;/h5-6,9,11,15,18-19H,2-4,7-8,10H2,1H3;1H. The fourth-order valence-corrected chi connectivity index (χ4v) is 2.98. The Morgan fingerprint density at radius 3 is 2.80 bits per heavy atom. The Morgan fingerprint density at radius 2 is 2.10 bits per heavy atom. The Kier molecular flexibility index (Phi) is 8.04. The number of hydrogen-bond donors (Lipinski definition) is 2. The van der Waals surface area contributed by atoms with E-state index < -0.39 is 0 Å². The molecule has 1 fully saturated rings. The maximum atomic E-state index is 6.07. The van der Waals surface area contributed by atoms with Gasteiger partial charge in [-0.05, 0) is 50.0 Å². The molecule has 1 aliphatic rings. The third-order valence-corrected chi connectivity index (χ3v) is 4.55. The maximum Gasteiger partial charge on any atom is 0.0612 e. The highest BCUT2D eigenvalue weighted by atomic mass is 35.5. The molecular formula is C15H23Cl3N2. The van der Waals surface area contributed by atoms with Crippen LogP contribution in [0.1, 0.15) is 32.6 Å². The quantitative estimate of drug-likeness (QED) is 0.790. The van der Waals surface area contributed by atoms with Crippen LogP contribution in [-0.4, -0.2) is 19.1 Å². The van der Waals surface area contributed by atoms with Gasteiger partial charge in [0.25, 0.3) is 0 Å². The minimum absolute atomic E-state index is 0. The first-order valence-electron chi connectivity index (χ1n) is 7.13. The van der Waals surface area contributed by atoms with Gasteiger partial charge in [0.1, 0.15) is 0 Å². The van der Waals surface area contributed by atoms with Crippen molar-refractivity contribution >= 4 is 41.3 Å². The fraction of sp³-hybridized carbons (Fsp3) is 0.600. The average molecular weight is 338 g/mol. The molecule has 1 heterocycles. The van der Waals surface area contributed by atoms with Crippen LogP contribution in [0, 0.1) is 5.92 Å². The van der Waals surface area contributed by atoms with Gasteiger partial charge in [0, 0.05) is 11.7 Å². The normalized spacial score (nSPS) is 22.1. The number of piperidine rings is 1. The lowest BCUT2D eigenvalue weighted by molar-refractivity contribution is 0.319. The minimum Gasteiger partial charge on any atom is -0.382 e. The van der Waals surface area contributed by atoms with Crippen molar-refractivity contribution in [2.75, 3.05) is 18.4 Å². The van der Waals surface area contributed by atoms with Crippen molar-refractivity contribution in [2.45, 2.75) is 38.6 Å². The van der Waals surface area contributed by atoms with Crippen molar-refractivity contribution in [1.29, 1.82) is 0 Å². The van der Waals surface area contributed by atoms with E-state index >= 15 is 0 Å². The molecule has 2 atom stereocenters. The van der Waals surface area contributed by atoms with E-state index in [2.05, 4.69) is 17.6 Å². The van der Waals surface area contributed by atoms with E-state index in [4.69, 9.17) is 23.2 Å². The summed E-state index contributed by atoms with van der Waals surface area (Å²) in [7, 11) is 0. The van der Waals surface area contributed by atoms with E-state index in [1.54, 1.807) is 0 Å². The predicted octanol–water partition coefficient (Wildman–Crippen LogP) is 5.00. The van der Waals surface area contributed by atoms with Gasteiger partial charge >= 0.3 is 0 Å². The van der Waals surface area contributed by atoms with Gasteiger partial charge in [-0.3, -0.25) is 0 Å². The van der Waals surface area contributed by atoms with Crippen LogP contribution in [-0.2, 0) is 0 Å². The van der Waals surface area contributed by atoms with E-state index in [9.17, 15) is 0 Å². The molecule has 114 valence electrons. The lowest BCUT2D eigenvalue weighted by Crippen LogP contribution is -2.43. The van der Waals surface area contributed by atoms with Gasteiger partial charge < -0.3 is 10.6 Å². The Morgan fingerprint density at radius 1 is 1.30 bits per heavy atom. The van der Waals surface area contributed by atoms with Gasteiger partial charge in [-0.25, -0.2) is 0 Å². The van der Waals surface area contributed by atoms with E-state index in [1.807, 2.05) is 18.2 Å². The van der Waals surface area contributed by atoms with Gasteiger partial charge in [-0.15, -0.1) is 12.4 Å². The van der Waals surface area contributed by atoms with Crippen LogP contribution in [0.3, 0.4) is 0 Å². The zero-order valence-electron chi connectivity index (χ0n) is 11.8. The number of rotatable bonds is 5.